The second-order valence-corrected chi connectivity index (χ2v) is 8.84. The Balaban J connectivity index is 1.83. The monoisotopic (exact) mass is 331 g/mol. The highest BCUT2D eigenvalue weighted by Gasteiger charge is 2.49. The van der Waals surface area contributed by atoms with Crippen molar-refractivity contribution in [2.45, 2.75) is 29.1 Å². The Hall–Kier alpha value is -0.470. The molecule has 2 atom stereocenters. The van der Waals surface area contributed by atoms with E-state index in [1.807, 2.05) is 0 Å². The molecule has 5 nitrogen and oxygen atoms in total. The van der Waals surface area contributed by atoms with Gasteiger partial charge in [-0.25, -0.2) is 8.42 Å². The van der Waals surface area contributed by atoms with Crippen LogP contribution in [0.5, 0.6) is 0 Å². The van der Waals surface area contributed by atoms with Crippen molar-refractivity contribution >= 4 is 21.4 Å². The van der Waals surface area contributed by atoms with Crippen molar-refractivity contribution in [2.24, 2.45) is 5.92 Å². The van der Waals surface area contributed by atoms with Gasteiger partial charge in [0.25, 0.3) is 10.0 Å². The molecule has 2 heterocycles. The molecule has 1 aromatic heterocycles. The summed E-state index contributed by atoms with van der Waals surface area (Å²) in [7, 11) is -1.70. The van der Waals surface area contributed by atoms with Gasteiger partial charge < -0.3 is 9.47 Å². The average Bonchev–Trinajstić information content (AvgIpc) is 3.11. The number of hydrogen-bond donors (Lipinski definition) is 0. The fourth-order valence-electron chi connectivity index (χ4n) is 3.47. The summed E-state index contributed by atoms with van der Waals surface area (Å²) in [5.74, 6) is 0.281. The van der Waals surface area contributed by atoms with Gasteiger partial charge in [-0.3, -0.25) is 0 Å². The number of ether oxygens (including phenoxy) is 2. The molecule has 0 unspecified atom stereocenters. The van der Waals surface area contributed by atoms with Gasteiger partial charge in [0.15, 0.2) is 0 Å². The minimum absolute atomic E-state index is 0.281. The molecule has 0 bridgehead atoms. The first-order valence-electron chi connectivity index (χ1n) is 7.25. The molecule has 2 fully saturated rings. The highest BCUT2D eigenvalue weighted by molar-refractivity contribution is 7.91. The normalized spacial score (nSPS) is 31.0. The van der Waals surface area contributed by atoms with Gasteiger partial charge in [-0.05, 0) is 24.3 Å². The molecular formula is C14H21NO4S2. The van der Waals surface area contributed by atoms with Crippen LogP contribution >= 0.6 is 11.3 Å². The molecular weight excluding hydrogens is 310 g/mol. The number of sulfonamides is 1. The lowest BCUT2D eigenvalue weighted by molar-refractivity contribution is -0.123. The molecule has 21 heavy (non-hydrogen) atoms. The fourth-order valence-corrected chi connectivity index (χ4v) is 6.09. The quantitative estimate of drug-likeness (QED) is 0.846. The van der Waals surface area contributed by atoms with E-state index in [1.165, 1.54) is 11.3 Å². The van der Waals surface area contributed by atoms with Crippen LogP contribution in [0.2, 0.25) is 0 Å². The van der Waals surface area contributed by atoms with Crippen LogP contribution in [0.4, 0.5) is 0 Å². The summed E-state index contributed by atoms with van der Waals surface area (Å²) < 4.78 is 38.8. The largest absolute Gasteiger partial charge is 0.384 e. The molecule has 0 aromatic carbocycles. The van der Waals surface area contributed by atoms with E-state index in [0.717, 1.165) is 19.3 Å². The number of morpholine rings is 1. The van der Waals surface area contributed by atoms with Crippen LogP contribution in [0.25, 0.3) is 0 Å². The van der Waals surface area contributed by atoms with Crippen LogP contribution in [-0.2, 0) is 19.5 Å². The molecule has 1 aliphatic heterocycles. The van der Waals surface area contributed by atoms with E-state index in [1.54, 1.807) is 28.9 Å². The molecule has 118 valence electrons. The molecule has 1 aliphatic carbocycles. The lowest BCUT2D eigenvalue weighted by Gasteiger charge is -2.43. The number of hydrogen-bond acceptors (Lipinski definition) is 5. The Kier molecular flexibility index (Phi) is 4.38. The number of methoxy groups -OCH3 is 1. The summed E-state index contributed by atoms with van der Waals surface area (Å²) in [5.41, 5.74) is -0.363. The predicted octanol–water partition coefficient (Wildman–Crippen LogP) is 1.95. The minimum Gasteiger partial charge on any atom is -0.384 e. The second kappa shape index (κ2) is 5.96. The maximum atomic E-state index is 12.7. The van der Waals surface area contributed by atoms with Gasteiger partial charge in [-0.15, -0.1) is 11.3 Å². The first-order valence-corrected chi connectivity index (χ1v) is 9.57. The van der Waals surface area contributed by atoms with Gasteiger partial charge in [-0.1, -0.05) is 12.5 Å². The second-order valence-electron chi connectivity index (χ2n) is 5.73. The van der Waals surface area contributed by atoms with Crippen molar-refractivity contribution < 1.29 is 17.9 Å². The van der Waals surface area contributed by atoms with Crippen molar-refractivity contribution in [1.29, 1.82) is 0 Å². The minimum atomic E-state index is -3.39. The Labute approximate surface area is 129 Å². The summed E-state index contributed by atoms with van der Waals surface area (Å²) in [5, 5.41) is 1.80. The molecule has 3 rings (SSSR count). The van der Waals surface area contributed by atoms with Crippen molar-refractivity contribution in [3.63, 3.8) is 0 Å². The highest BCUT2D eigenvalue weighted by Crippen LogP contribution is 2.42. The first-order chi connectivity index (χ1) is 10.1. The SMILES string of the molecule is COC[C@H]1CCC[C@]12CN(S(=O)(=O)c1cccs1)CCO2. The van der Waals surface area contributed by atoms with Crippen LogP contribution in [0.1, 0.15) is 19.3 Å². The van der Waals surface area contributed by atoms with E-state index < -0.39 is 10.0 Å². The summed E-state index contributed by atoms with van der Waals surface area (Å²) >= 11 is 1.27. The lowest BCUT2D eigenvalue weighted by atomic mass is 9.90. The van der Waals surface area contributed by atoms with E-state index in [0.29, 0.717) is 30.5 Å². The third-order valence-electron chi connectivity index (χ3n) is 4.53. The highest BCUT2D eigenvalue weighted by atomic mass is 32.2. The van der Waals surface area contributed by atoms with Crippen LogP contribution in [0, 0.1) is 5.92 Å². The Bertz CT molecular complexity index is 572. The fraction of sp³-hybridized carbons (Fsp3) is 0.714. The summed E-state index contributed by atoms with van der Waals surface area (Å²) in [6, 6.07) is 3.44. The molecule has 1 spiro atoms. The van der Waals surface area contributed by atoms with Crippen molar-refractivity contribution in [1.82, 2.24) is 4.31 Å². The van der Waals surface area contributed by atoms with Crippen LogP contribution in [0.15, 0.2) is 21.7 Å². The maximum absolute atomic E-state index is 12.7. The first kappa shape index (κ1) is 15.4. The van der Waals surface area contributed by atoms with Gasteiger partial charge in [0.1, 0.15) is 4.21 Å². The molecule has 2 aliphatic rings. The number of nitrogens with zero attached hydrogens (tertiary/aromatic N) is 1. The predicted molar refractivity (Wildman–Crippen MR) is 81.0 cm³/mol. The van der Waals surface area contributed by atoms with Gasteiger partial charge in [0, 0.05) is 26.1 Å². The molecule has 0 radical (unpaired) electrons. The van der Waals surface area contributed by atoms with Crippen LogP contribution < -0.4 is 0 Å². The summed E-state index contributed by atoms with van der Waals surface area (Å²) in [4.78, 5) is 0. The van der Waals surface area contributed by atoms with Gasteiger partial charge >= 0.3 is 0 Å². The molecule has 1 saturated heterocycles. The number of rotatable bonds is 4. The van der Waals surface area contributed by atoms with Crippen LogP contribution in [-0.4, -0.2) is 51.7 Å². The van der Waals surface area contributed by atoms with Gasteiger partial charge in [0.2, 0.25) is 0 Å². The standard InChI is InChI=1S/C14H21NO4S2/c1-18-10-12-4-2-6-14(12)11-15(7-8-19-14)21(16,17)13-5-3-9-20-13/h3,5,9,12H,2,4,6-8,10-11H2,1H3/t12-,14+/m1/s1. The van der Waals surface area contributed by atoms with Crippen molar-refractivity contribution in [3.05, 3.63) is 17.5 Å². The van der Waals surface area contributed by atoms with E-state index in [2.05, 4.69) is 0 Å². The summed E-state index contributed by atoms with van der Waals surface area (Å²) in [6.07, 6.45) is 3.03. The third-order valence-corrected chi connectivity index (χ3v) is 7.75. The zero-order valence-electron chi connectivity index (χ0n) is 12.2. The lowest BCUT2D eigenvalue weighted by Crippen LogP contribution is -2.56. The van der Waals surface area contributed by atoms with E-state index in [4.69, 9.17) is 9.47 Å². The molecule has 7 heteroatoms. The van der Waals surface area contributed by atoms with Gasteiger partial charge in [0.05, 0.1) is 18.8 Å². The van der Waals surface area contributed by atoms with E-state index in [-0.39, 0.29) is 11.5 Å². The van der Waals surface area contributed by atoms with Crippen molar-refractivity contribution in [2.75, 3.05) is 33.4 Å². The number of thiophene rings is 1. The molecule has 1 aromatic rings. The Morgan fingerprint density at radius 1 is 1.57 bits per heavy atom. The van der Waals surface area contributed by atoms with Crippen LogP contribution in [0.3, 0.4) is 0 Å². The van der Waals surface area contributed by atoms with E-state index >= 15 is 0 Å². The summed E-state index contributed by atoms with van der Waals surface area (Å²) in [6.45, 7) is 1.97. The topological polar surface area (TPSA) is 55.8 Å². The zero-order chi connectivity index (χ0) is 14.9. The smallest absolute Gasteiger partial charge is 0.252 e. The molecule has 0 amide bonds. The van der Waals surface area contributed by atoms with Gasteiger partial charge in [-0.2, -0.15) is 4.31 Å². The van der Waals surface area contributed by atoms with Crippen molar-refractivity contribution in [3.8, 4) is 0 Å². The third kappa shape index (κ3) is 2.77. The maximum Gasteiger partial charge on any atom is 0.252 e. The molecule has 0 N–H and O–H groups in total. The van der Waals surface area contributed by atoms with E-state index in [9.17, 15) is 8.42 Å². The molecule has 1 saturated carbocycles. The average molecular weight is 331 g/mol. The Morgan fingerprint density at radius 3 is 3.14 bits per heavy atom. The Morgan fingerprint density at radius 2 is 2.43 bits per heavy atom. The zero-order valence-corrected chi connectivity index (χ0v) is 13.8.